The van der Waals surface area contributed by atoms with E-state index in [9.17, 15) is 58.1 Å². The molecular formula is C21H42AlO12P3. The molecule has 0 aromatic rings. The zero-order valence-corrected chi connectivity index (χ0v) is 26.4. The van der Waals surface area contributed by atoms with E-state index in [2.05, 4.69) is 0 Å². The van der Waals surface area contributed by atoms with E-state index in [1.54, 1.807) is 20.8 Å². The molecule has 0 aliphatic rings. The molecule has 0 saturated heterocycles. The van der Waals surface area contributed by atoms with E-state index in [0.29, 0.717) is 19.3 Å². The van der Waals surface area contributed by atoms with E-state index >= 15 is 0 Å². The maximum absolute atomic E-state index is 11.2. The number of hydrogen-bond acceptors (Lipinski definition) is 9. The Balaban J connectivity index is -0.000000218. The van der Waals surface area contributed by atoms with Crippen molar-refractivity contribution in [1.29, 1.82) is 0 Å². The summed E-state index contributed by atoms with van der Waals surface area (Å²) in [5.41, 5.74) is 0. The second-order valence-electron chi connectivity index (χ2n) is 8.92. The Kier molecular flexibility index (Phi) is 25.1. The number of hydrogen-bond donors (Lipinski definition) is 3. The van der Waals surface area contributed by atoms with Gasteiger partial charge in [-0.1, -0.05) is 41.5 Å². The first-order valence-corrected chi connectivity index (χ1v) is 17.8. The number of carbonyl (C=O) groups excluding carboxylic acids is 3. The summed E-state index contributed by atoms with van der Waals surface area (Å²) in [6, 6.07) is 0. The van der Waals surface area contributed by atoms with E-state index in [4.69, 9.17) is 0 Å². The molecule has 0 radical (unpaired) electrons. The van der Waals surface area contributed by atoms with Gasteiger partial charge in [0.1, 0.15) is 0 Å². The standard InChI is InChI=1S/3C7H15O4P.Al/c3*1-3-4-12(10,11)5-6(2)7(8)9;/h3*6H,3-5H2,1-2H3,(H,8,9)(H,10,11);/q;;;+3/p-3. The largest absolute Gasteiger partial charge is 3.00 e. The molecular weight excluding hydrogens is 564 g/mol. The third kappa shape index (κ3) is 26.9. The molecule has 0 amide bonds. The first kappa shape index (κ1) is 43.6. The molecule has 6 atom stereocenters. The summed E-state index contributed by atoms with van der Waals surface area (Å²) < 4.78 is 33.6. The van der Waals surface area contributed by atoms with Gasteiger partial charge in [0.15, 0.2) is 0 Å². The Hall–Kier alpha value is -0.488. The van der Waals surface area contributed by atoms with Crippen molar-refractivity contribution in [2.24, 2.45) is 17.8 Å². The van der Waals surface area contributed by atoms with Gasteiger partial charge in [-0.3, -0.25) is 13.7 Å². The van der Waals surface area contributed by atoms with Crippen LogP contribution in [0.15, 0.2) is 0 Å². The fourth-order valence-corrected chi connectivity index (χ4v) is 8.49. The van der Waals surface area contributed by atoms with Gasteiger partial charge in [-0.2, -0.15) is 0 Å². The normalized spacial score (nSPS) is 17.8. The molecule has 37 heavy (non-hydrogen) atoms. The van der Waals surface area contributed by atoms with Crippen LogP contribution in [0, 0.1) is 17.8 Å². The molecule has 0 bridgehead atoms. The zero-order valence-electron chi connectivity index (χ0n) is 22.5. The molecule has 216 valence electrons. The summed E-state index contributed by atoms with van der Waals surface area (Å²) in [5.74, 6) is -6.31. The molecule has 0 fully saturated rings. The SMILES string of the molecule is CCCP(=O)(O)CC(C)C(=O)[O-].CCCP(=O)(O)CC(C)C(=O)[O-].CCCP(=O)(O)CC(C)C(=O)[O-].[Al+3]. The molecule has 0 aromatic carbocycles. The van der Waals surface area contributed by atoms with Crippen LogP contribution in [-0.4, -0.2) is 86.9 Å². The van der Waals surface area contributed by atoms with Gasteiger partial charge in [0.2, 0.25) is 22.1 Å². The number of carboxylic acid groups (broad SMARTS) is 3. The first-order valence-electron chi connectivity index (χ1n) is 11.7. The predicted molar refractivity (Wildman–Crippen MR) is 138 cm³/mol. The first-order chi connectivity index (χ1) is 16.2. The van der Waals surface area contributed by atoms with E-state index < -0.39 is 57.8 Å². The topological polar surface area (TPSA) is 232 Å². The summed E-state index contributed by atoms with van der Waals surface area (Å²) in [6.07, 6.45) is 1.80. The van der Waals surface area contributed by atoms with Crippen LogP contribution in [0.3, 0.4) is 0 Å². The summed E-state index contributed by atoms with van der Waals surface area (Å²) >= 11 is 0. The van der Waals surface area contributed by atoms with E-state index in [-0.39, 0.29) is 54.3 Å². The average Bonchev–Trinajstić information content (AvgIpc) is 2.67. The van der Waals surface area contributed by atoms with Crippen LogP contribution in [-0.2, 0) is 28.1 Å². The van der Waals surface area contributed by atoms with Crippen molar-refractivity contribution in [1.82, 2.24) is 0 Å². The number of carbonyl (C=O) groups is 3. The summed E-state index contributed by atoms with van der Waals surface area (Å²) in [7, 11) is -9.67. The van der Waals surface area contributed by atoms with Crippen molar-refractivity contribution < 1.29 is 58.1 Å². The Morgan fingerprint density at radius 2 is 0.730 bits per heavy atom. The smallest absolute Gasteiger partial charge is 0.550 e. The monoisotopic (exact) mass is 606 g/mol. The van der Waals surface area contributed by atoms with Gasteiger partial charge in [0.05, 0.1) is 0 Å². The summed E-state index contributed by atoms with van der Waals surface area (Å²) in [6.45, 7) is 9.50. The van der Waals surface area contributed by atoms with Crippen molar-refractivity contribution in [3.8, 4) is 0 Å². The third-order valence-corrected chi connectivity index (χ3v) is 11.4. The fraction of sp³-hybridized carbons (Fsp3) is 0.857. The van der Waals surface area contributed by atoms with Gasteiger partial charge in [0, 0.05) is 72.6 Å². The van der Waals surface area contributed by atoms with Gasteiger partial charge in [-0.15, -0.1) is 0 Å². The minimum atomic E-state index is -3.22. The van der Waals surface area contributed by atoms with E-state index in [1.807, 2.05) is 0 Å². The number of aliphatic carboxylic acids is 3. The fourth-order valence-electron chi connectivity index (χ4n) is 2.83. The van der Waals surface area contributed by atoms with Crippen LogP contribution in [0.25, 0.3) is 0 Å². The summed E-state index contributed by atoms with van der Waals surface area (Å²) in [4.78, 5) is 58.3. The molecule has 0 saturated carbocycles. The average molecular weight is 606 g/mol. The van der Waals surface area contributed by atoms with E-state index in [1.165, 1.54) is 20.8 Å². The Labute approximate surface area is 230 Å². The Morgan fingerprint density at radius 1 is 0.568 bits per heavy atom. The van der Waals surface area contributed by atoms with Crippen molar-refractivity contribution in [3.05, 3.63) is 0 Å². The summed E-state index contributed by atoms with van der Waals surface area (Å²) in [5, 5.41) is 30.7. The van der Waals surface area contributed by atoms with Crippen LogP contribution in [0.2, 0.25) is 0 Å². The van der Waals surface area contributed by atoms with Crippen LogP contribution in [0.4, 0.5) is 0 Å². The second-order valence-corrected chi connectivity index (χ2v) is 16.4. The molecule has 0 rings (SSSR count). The van der Waals surface area contributed by atoms with E-state index in [0.717, 1.165) is 0 Å². The quantitative estimate of drug-likeness (QED) is 0.162. The van der Waals surface area contributed by atoms with Crippen molar-refractivity contribution in [2.75, 3.05) is 37.0 Å². The van der Waals surface area contributed by atoms with Crippen LogP contribution in [0.1, 0.15) is 60.8 Å². The molecule has 12 nitrogen and oxygen atoms in total. The van der Waals surface area contributed by atoms with Gasteiger partial charge in [-0.25, -0.2) is 0 Å². The molecule has 6 unspecified atom stereocenters. The minimum Gasteiger partial charge on any atom is -0.550 e. The maximum Gasteiger partial charge on any atom is 3.00 e. The number of carboxylic acids is 3. The van der Waals surface area contributed by atoms with Gasteiger partial charge in [0.25, 0.3) is 0 Å². The molecule has 0 aromatic heterocycles. The Bertz CT molecular complexity index is 716. The molecule has 0 heterocycles. The van der Waals surface area contributed by atoms with Crippen molar-refractivity contribution in [3.63, 3.8) is 0 Å². The number of rotatable bonds is 15. The van der Waals surface area contributed by atoms with Crippen molar-refractivity contribution >= 4 is 57.4 Å². The van der Waals surface area contributed by atoms with Gasteiger partial charge >= 0.3 is 17.4 Å². The van der Waals surface area contributed by atoms with Crippen LogP contribution in [0.5, 0.6) is 0 Å². The zero-order chi connectivity index (χ0) is 29.3. The van der Waals surface area contributed by atoms with Gasteiger partial charge < -0.3 is 44.4 Å². The molecule has 0 aliphatic heterocycles. The van der Waals surface area contributed by atoms with Crippen LogP contribution < -0.4 is 15.3 Å². The van der Waals surface area contributed by atoms with Crippen molar-refractivity contribution in [2.45, 2.75) is 60.8 Å². The third-order valence-electron chi connectivity index (χ3n) is 4.60. The predicted octanol–water partition coefficient (Wildman–Crippen LogP) is -0.222. The van der Waals surface area contributed by atoms with Crippen LogP contribution >= 0.6 is 22.1 Å². The minimum absolute atomic E-state index is 0. The molecule has 0 aliphatic carbocycles. The Morgan fingerprint density at radius 3 is 0.838 bits per heavy atom. The maximum atomic E-state index is 11.2. The molecule has 16 heteroatoms. The molecule has 0 spiro atoms. The van der Waals surface area contributed by atoms with Gasteiger partial charge in [-0.05, 0) is 19.3 Å². The molecule has 3 N–H and O–H groups in total. The second kappa shape index (κ2) is 21.3.